The molecule has 0 saturated heterocycles. The Morgan fingerprint density at radius 3 is 2.11 bits per heavy atom. The van der Waals surface area contributed by atoms with E-state index >= 15 is 0 Å². The van der Waals surface area contributed by atoms with Crippen LogP contribution in [0.1, 0.15) is 53.9 Å². The minimum Gasteiger partial charge on any atom is -0.493 e. The lowest BCUT2D eigenvalue weighted by atomic mass is 9.69. The van der Waals surface area contributed by atoms with Gasteiger partial charge >= 0.3 is 5.97 Å². The highest BCUT2D eigenvalue weighted by atomic mass is 16.5. The van der Waals surface area contributed by atoms with E-state index in [4.69, 9.17) is 23.9 Å². The molecule has 46 heavy (non-hydrogen) atoms. The van der Waals surface area contributed by atoms with E-state index in [9.17, 15) is 9.59 Å². The van der Waals surface area contributed by atoms with E-state index in [1.54, 1.807) is 14.2 Å². The van der Waals surface area contributed by atoms with E-state index in [0.29, 0.717) is 47.3 Å². The summed E-state index contributed by atoms with van der Waals surface area (Å²) in [4.78, 5) is 33.1. The smallest absolute Gasteiger partial charge is 0.315 e. The summed E-state index contributed by atoms with van der Waals surface area (Å²) in [6.45, 7) is 2.33. The number of Topliss-reactive ketones (excluding diaryl/α,β-unsaturated/α-hetero) is 1. The summed E-state index contributed by atoms with van der Waals surface area (Å²) in [6.07, 6.45) is 0.821. The van der Waals surface area contributed by atoms with Crippen LogP contribution in [0.5, 0.6) is 17.2 Å². The van der Waals surface area contributed by atoms with Gasteiger partial charge in [0.2, 0.25) is 0 Å². The van der Waals surface area contributed by atoms with Crippen LogP contribution >= 0.6 is 0 Å². The van der Waals surface area contributed by atoms with Crippen LogP contribution in [0, 0.1) is 5.92 Å². The average Bonchev–Trinajstić information content (AvgIpc) is 3.09. The molecule has 4 aromatic rings. The number of methoxy groups -OCH3 is 2. The van der Waals surface area contributed by atoms with Crippen molar-refractivity contribution in [1.29, 1.82) is 0 Å². The average molecular weight is 616 g/mol. The predicted molar refractivity (Wildman–Crippen MR) is 176 cm³/mol. The lowest BCUT2D eigenvalue weighted by Gasteiger charge is -2.37. The molecule has 0 fully saturated rings. The summed E-state index contributed by atoms with van der Waals surface area (Å²) in [5, 5.41) is 0. The van der Waals surface area contributed by atoms with Crippen molar-refractivity contribution in [2.75, 3.05) is 14.2 Å². The molecule has 0 bridgehead atoms. The molecule has 0 amide bonds. The summed E-state index contributed by atoms with van der Waals surface area (Å²) in [6, 6.07) is 32.9. The molecule has 0 N–H and O–H groups in total. The molecule has 3 atom stereocenters. The molecule has 1 aliphatic carbocycles. The Morgan fingerprint density at radius 1 is 0.761 bits per heavy atom. The Balaban J connectivity index is 1.38. The number of benzene rings is 4. The van der Waals surface area contributed by atoms with Gasteiger partial charge in [0.1, 0.15) is 24.9 Å². The zero-order valence-corrected chi connectivity index (χ0v) is 26.3. The molecule has 234 valence electrons. The van der Waals surface area contributed by atoms with Gasteiger partial charge in [-0.25, -0.2) is 0 Å². The first-order chi connectivity index (χ1) is 22.5. The lowest BCUT2D eigenvalue weighted by molar-refractivity contribution is -0.148. The van der Waals surface area contributed by atoms with E-state index in [-0.39, 0.29) is 24.7 Å². The first-order valence-corrected chi connectivity index (χ1v) is 15.5. The molecule has 0 spiro atoms. The second-order valence-corrected chi connectivity index (χ2v) is 11.6. The summed E-state index contributed by atoms with van der Waals surface area (Å²) >= 11 is 0. The molecule has 0 aromatic heterocycles. The second-order valence-electron chi connectivity index (χ2n) is 11.6. The Kier molecular flexibility index (Phi) is 9.29. The standard InChI is InChI=1S/C39H37NO6/c1-25-36(39(42)46-24-27-14-8-5-9-15-27)37(30-16-10-11-17-33(30)45-23-26-12-6-4-7-13-26)38-31(40-25)20-29(21-32(38)41)28-18-19-34(43-2)35(22-28)44-3/h4-19,22,29,36-37H,20-21,23-24H2,1-3H3/t29-,36?,37-/m0/s1. The molecule has 0 radical (unpaired) electrons. The summed E-state index contributed by atoms with van der Waals surface area (Å²) in [7, 11) is 3.20. The van der Waals surface area contributed by atoms with Crippen LogP contribution in [0.4, 0.5) is 0 Å². The number of para-hydroxylation sites is 1. The zero-order chi connectivity index (χ0) is 32.0. The second kappa shape index (κ2) is 13.9. The zero-order valence-electron chi connectivity index (χ0n) is 26.3. The van der Waals surface area contributed by atoms with Crippen molar-refractivity contribution in [3.8, 4) is 17.2 Å². The van der Waals surface area contributed by atoms with Gasteiger partial charge in [-0.1, -0.05) is 84.9 Å². The van der Waals surface area contributed by atoms with Crippen LogP contribution in [0.3, 0.4) is 0 Å². The third kappa shape index (κ3) is 6.45. The Morgan fingerprint density at radius 2 is 1.41 bits per heavy atom. The minimum absolute atomic E-state index is 0.0407. The molecule has 2 aliphatic rings. The molecule has 1 aliphatic heterocycles. The van der Waals surface area contributed by atoms with Gasteiger partial charge in [-0.05, 0) is 54.2 Å². The molecule has 0 saturated carbocycles. The SMILES string of the molecule is COc1ccc([C@@H]2CC(=O)C3=C(C2)N=C(C)C(C(=O)OCc2ccccc2)[C@@H]3c2ccccc2OCc2ccccc2)cc1OC. The van der Waals surface area contributed by atoms with Crippen molar-refractivity contribution in [1.82, 2.24) is 0 Å². The molecule has 7 nitrogen and oxygen atoms in total. The number of nitrogens with zero attached hydrogens (tertiary/aromatic N) is 1. The maximum atomic E-state index is 14.2. The van der Waals surface area contributed by atoms with Crippen molar-refractivity contribution in [3.63, 3.8) is 0 Å². The van der Waals surface area contributed by atoms with Gasteiger partial charge in [-0.3, -0.25) is 14.6 Å². The van der Waals surface area contributed by atoms with Crippen molar-refractivity contribution >= 4 is 17.5 Å². The van der Waals surface area contributed by atoms with Gasteiger partial charge in [-0.2, -0.15) is 0 Å². The van der Waals surface area contributed by atoms with Crippen molar-refractivity contribution in [3.05, 3.63) is 137 Å². The fraction of sp³-hybridized carbons (Fsp3) is 0.256. The summed E-state index contributed by atoms with van der Waals surface area (Å²) in [5.41, 5.74) is 5.50. The van der Waals surface area contributed by atoms with Crippen LogP contribution in [-0.4, -0.2) is 31.7 Å². The van der Waals surface area contributed by atoms with E-state index in [0.717, 1.165) is 22.3 Å². The molecule has 1 heterocycles. The highest BCUT2D eigenvalue weighted by Crippen LogP contribution is 2.49. The highest BCUT2D eigenvalue weighted by molar-refractivity contribution is 6.09. The Bertz CT molecular complexity index is 1780. The van der Waals surface area contributed by atoms with Crippen molar-refractivity contribution in [2.45, 2.75) is 44.8 Å². The quantitative estimate of drug-likeness (QED) is 0.171. The number of rotatable bonds is 10. The lowest BCUT2D eigenvalue weighted by Crippen LogP contribution is -2.38. The van der Waals surface area contributed by atoms with Gasteiger partial charge in [0.15, 0.2) is 17.3 Å². The van der Waals surface area contributed by atoms with E-state index < -0.39 is 17.8 Å². The first-order valence-electron chi connectivity index (χ1n) is 15.5. The Hall–Kier alpha value is -5.17. The van der Waals surface area contributed by atoms with Crippen LogP contribution in [0.15, 0.2) is 119 Å². The van der Waals surface area contributed by atoms with E-state index in [1.165, 1.54) is 0 Å². The number of carbonyl (C=O) groups is 2. The molecule has 6 rings (SSSR count). The van der Waals surface area contributed by atoms with Gasteiger partial charge in [0.05, 0.1) is 14.2 Å². The Labute approximate surface area is 269 Å². The molecule has 1 unspecified atom stereocenters. The molecule has 7 heteroatoms. The van der Waals surface area contributed by atoms with Gasteiger partial charge < -0.3 is 18.9 Å². The predicted octanol–water partition coefficient (Wildman–Crippen LogP) is 7.60. The maximum Gasteiger partial charge on any atom is 0.315 e. The number of aliphatic imine (C=N–C) groups is 1. The summed E-state index contributed by atoms with van der Waals surface area (Å²) < 4.78 is 23.2. The van der Waals surface area contributed by atoms with Crippen molar-refractivity contribution in [2.24, 2.45) is 10.9 Å². The molecule has 4 aromatic carbocycles. The minimum atomic E-state index is -0.787. The molecular formula is C39H37NO6. The van der Waals surface area contributed by atoms with Crippen molar-refractivity contribution < 1.29 is 28.5 Å². The fourth-order valence-electron chi connectivity index (χ4n) is 6.47. The maximum absolute atomic E-state index is 14.2. The first kappa shape index (κ1) is 30.8. The van der Waals surface area contributed by atoms with Gasteiger partial charge in [0, 0.05) is 34.9 Å². The normalized spacial score (nSPS) is 19.2. The van der Waals surface area contributed by atoms with Crippen LogP contribution in [-0.2, 0) is 27.5 Å². The number of hydrogen-bond donors (Lipinski definition) is 0. The van der Waals surface area contributed by atoms with Crippen LogP contribution < -0.4 is 14.2 Å². The highest BCUT2D eigenvalue weighted by Gasteiger charge is 2.45. The third-order valence-electron chi connectivity index (χ3n) is 8.74. The topological polar surface area (TPSA) is 83.4 Å². The largest absolute Gasteiger partial charge is 0.493 e. The number of ether oxygens (including phenoxy) is 4. The number of hydrogen-bond acceptors (Lipinski definition) is 7. The number of carbonyl (C=O) groups excluding carboxylic acids is 2. The molecular weight excluding hydrogens is 578 g/mol. The van der Waals surface area contributed by atoms with Crippen LogP contribution in [0.2, 0.25) is 0 Å². The van der Waals surface area contributed by atoms with E-state index in [2.05, 4.69) is 0 Å². The van der Waals surface area contributed by atoms with Gasteiger partial charge in [-0.15, -0.1) is 0 Å². The fourth-order valence-corrected chi connectivity index (χ4v) is 6.47. The van der Waals surface area contributed by atoms with E-state index in [1.807, 2.05) is 110 Å². The number of ketones is 1. The summed E-state index contributed by atoms with van der Waals surface area (Å²) in [5.74, 6) is -0.103. The number of allylic oxidation sites excluding steroid dienone is 2. The van der Waals surface area contributed by atoms with Crippen LogP contribution in [0.25, 0.3) is 0 Å². The number of esters is 1. The third-order valence-corrected chi connectivity index (χ3v) is 8.74. The monoisotopic (exact) mass is 615 g/mol. The van der Waals surface area contributed by atoms with Gasteiger partial charge in [0.25, 0.3) is 0 Å².